The van der Waals surface area contributed by atoms with Gasteiger partial charge in [-0.15, -0.1) is 0 Å². The highest BCUT2D eigenvalue weighted by atomic mass is 16.6. The first kappa shape index (κ1) is 25.2. The molecule has 3 N–H and O–H groups in total. The number of anilines is 2. The van der Waals surface area contributed by atoms with Crippen LogP contribution in [0.4, 0.5) is 16.3 Å². The molecule has 12 nitrogen and oxygen atoms in total. The number of aromatic nitrogens is 4. The predicted molar refractivity (Wildman–Crippen MR) is 140 cm³/mol. The van der Waals surface area contributed by atoms with Gasteiger partial charge in [0.15, 0.2) is 11.8 Å². The Labute approximate surface area is 215 Å². The lowest BCUT2D eigenvalue weighted by molar-refractivity contribution is -0.0951. The summed E-state index contributed by atoms with van der Waals surface area (Å²) in [5.74, 6) is 0.840. The molecule has 3 aromatic rings. The molecular formula is C25H34N8O4. The van der Waals surface area contributed by atoms with E-state index in [4.69, 9.17) is 25.0 Å². The second-order valence-corrected chi connectivity index (χ2v) is 9.67. The number of nitrogens with two attached hydrogens (primary N) is 1. The number of carbonyl (C=O) groups excluding carboxylic acids is 1. The van der Waals surface area contributed by atoms with Crippen molar-refractivity contribution in [2.24, 2.45) is 0 Å². The van der Waals surface area contributed by atoms with E-state index in [0.717, 1.165) is 38.0 Å². The standard InChI is InChI=1S/C25H34N8O4/c1-31(2)17-6-8-32(9-7-17)10-11-33-24-21(23(26)27-15-28-24)22(30-33)16-4-5-19(20(12-16)35-3)29-25(34)37-18-13-36-14-18/h4-5,12,15,17-18H,6-11,13-14H2,1-3H3,(H,29,34)(H2,26,27,28). The number of amides is 1. The maximum Gasteiger partial charge on any atom is 0.412 e. The van der Waals surface area contributed by atoms with Crippen LogP contribution in [0.3, 0.4) is 0 Å². The van der Waals surface area contributed by atoms with Gasteiger partial charge in [0, 0.05) is 18.2 Å². The molecule has 0 aliphatic carbocycles. The summed E-state index contributed by atoms with van der Waals surface area (Å²) in [6.07, 6.45) is 3.02. The number of rotatable bonds is 8. The first-order chi connectivity index (χ1) is 17.9. The second kappa shape index (κ2) is 10.9. The van der Waals surface area contributed by atoms with Gasteiger partial charge in [0.25, 0.3) is 0 Å². The highest BCUT2D eigenvalue weighted by molar-refractivity contribution is 5.99. The van der Waals surface area contributed by atoms with E-state index >= 15 is 0 Å². The van der Waals surface area contributed by atoms with Crippen molar-refractivity contribution in [3.05, 3.63) is 24.5 Å². The van der Waals surface area contributed by atoms with Crippen LogP contribution in [0.1, 0.15) is 12.8 Å². The zero-order valence-corrected chi connectivity index (χ0v) is 21.5. The van der Waals surface area contributed by atoms with E-state index < -0.39 is 6.09 Å². The highest BCUT2D eigenvalue weighted by Gasteiger charge is 2.24. The van der Waals surface area contributed by atoms with Crippen LogP contribution in [0.2, 0.25) is 0 Å². The molecule has 0 atom stereocenters. The number of likely N-dealkylation sites (tertiary alicyclic amines) is 1. The van der Waals surface area contributed by atoms with Gasteiger partial charge in [-0.25, -0.2) is 19.4 Å². The molecule has 0 spiro atoms. The maximum absolute atomic E-state index is 12.2. The molecular weight excluding hydrogens is 476 g/mol. The van der Waals surface area contributed by atoms with Gasteiger partial charge >= 0.3 is 6.09 Å². The van der Waals surface area contributed by atoms with Crippen LogP contribution in [0.25, 0.3) is 22.3 Å². The Kier molecular flexibility index (Phi) is 7.40. The highest BCUT2D eigenvalue weighted by Crippen LogP contribution is 2.35. The van der Waals surface area contributed by atoms with Crippen molar-refractivity contribution in [3.8, 4) is 17.0 Å². The lowest BCUT2D eigenvalue weighted by Crippen LogP contribution is -2.42. The molecule has 2 aliphatic heterocycles. The third-order valence-electron chi connectivity index (χ3n) is 7.07. The Morgan fingerprint density at radius 1 is 1.22 bits per heavy atom. The number of fused-ring (bicyclic) bond motifs is 1. The molecule has 1 amide bonds. The number of nitrogen functional groups attached to an aromatic ring is 1. The number of nitrogens with zero attached hydrogens (tertiary/aromatic N) is 6. The largest absolute Gasteiger partial charge is 0.495 e. The molecule has 0 saturated carbocycles. The van der Waals surface area contributed by atoms with Crippen molar-refractivity contribution < 1.29 is 19.0 Å². The summed E-state index contributed by atoms with van der Waals surface area (Å²) in [6, 6.07) is 6.07. The summed E-state index contributed by atoms with van der Waals surface area (Å²) >= 11 is 0. The van der Waals surface area contributed by atoms with E-state index in [1.54, 1.807) is 13.2 Å². The molecule has 0 bridgehead atoms. The summed E-state index contributed by atoms with van der Waals surface area (Å²) < 4.78 is 17.8. The summed E-state index contributed by atoms with van der Waals surface area (Å²) in [5, 5.41) is 8.32. The number of methoxy groups -OCH3 is 1. The number of ether oxygens (including phenoxy) is 3. The molecule has 4 heterocycles. The van der Waals surface area contributed by atoms with Gasteiger partial charge in [-0.05, 0) is 52.2 Å². The molecule has 5 rings (SSSR count). The van der Waals surface area contributed by atoms with Crippen LogP contribution < -0.4 is 15.8 Å². The van der Waals surface area contributed by atoms with E-state index in [-0.39, 0.29) is 6.10 Å². The van der Waals surface area contributed by atoms with Gasteiger partial charge in [0.05, 0.1) is 37.9 Å². The fourth-order valence-electron chi connectivity index (χ4n) is 4.80. The van der Waals surface area contributed by atoms with E-state index in [0.29, 0.717) is 59.8 Å². The number of hydrogen-bond donors (Lipinski definition) is 2. The second-order valence-electron chi connectivity index (χ2n) is 9.67. The Balaban J connectivity index is 1.36. The van der Waals surface area contributed by atoms with Crippen molar-refractivity contribution >= 4 is 28.6 Å². The van der Waals surface area contributed by atoms with Gasteiger partial charge in [0.2, 0.25) is 0 Å². The Morgan fingerprint density at radius 3 is 2.68 bits per heavy atom. The Morgan fingerprint density at radius 2 is 2.00 bits per heavy atom. The van der Waals surface area contributed by atoms with Crippen LogP contribution in [-0.4, -0.2) is 102 Å². The fourth-order valence-corrected chi connectivity index (χ4v) is 4.80. The summed E-state index contributed by atoms with van der Waals surface area (Å²) in [6.45, 7) is 4.52. The molecule has 2 fully saturated rings. The summed E-state index contributed by atoms with van der Waals surface area (Å²) in [7, 11) is 5.84. The molecule has 0 radical (unpaired) electrons. The molecule has 198 valence electrons. The first-order valence-electron chi connectivity index (χ1n) is 12.5. The topological polar surface area (TPSA) is 133 Å². The van der Waals surface area contributed by atoms with Crippen LogP contribution in [0.5, 0.6) is 5.75 Å². The minimum absolute atomic E-state index is 0.220. The fraction of sp³-hybridized carbons (Fsp3) is 0.520. The van der Waals surface area contributed by atoms with Gasteiger partial charge in [0.1, 0.15) is 23.6 Å². The van der Waals surface area contributed by atoms with Crippen LogP contribution in [0.15, 0.2) is 24.5 Å². The number of benzene rings is 1. The van der Waals surface area contributed by atoms with Crippen LogP contribution in [-0.2, 0) is 16.0 Å². The molecule has 2 aliphatic rings. The predicted octanol–water partition coefficient (Wildman–Crippen LogP) is 2.06. The lowest BCUT2D eigenvalue weighted by Gasteiger charge is -2.35. The zero-order chi connectivity index (χ0) is 25.9. The third-order valence-corrected chi connectivity index (χ3v) is 7.07. The van der Waals surface area contributed by atoms with Gasteiger partial charge in [-0.1, -0.05) is 6.07 Å². The Bertz CT molecular complexity index is 1250. The molecule has 2 aromatic heterocycles. The van der Waals surface area contributed by atoms with Crippen LogP contribution in [0, 0.1) is 0 Å². The number of hydrogen-bond acceptors (Lipinski definition) is 10. The normalized spacial score (nSPS) is 17.2. The van der Waals surface area contributed by atoms with Crippen molar-refractivity contribution in [1.82, 2.24) is 29.5 Å². The minimum Gasteiger partial charge on any atom is -0.495 e. The van der Waals surface area contributed by atoms with E-state index in [9.17, 15) is 4.79 Å². The van der Waals surface area contributed by atoms with Crippen molar-refractivity contribution in [1.29, 1.82) is 0 Å². The van der Waals surface area contributed by atoms with Crippen molar-refractivity contribution in [2.45, 2.75) is 31.5 Å². The van der Waals surface area contributed by atoms with Gasteiger partial charge < -0.3 is 29.7 Å². The molecule has 12 heteroatoms. The van der Waals surface area contributed by atoms with Crippen LogP contribution >= 0.6 is 0 Å². The molecule has 0 unspecified atom stereocenters. The quantitative estimate of drug-likeness (QED) is 0.464. The number of nitrogens with one attached hydrogen (secondary N) is 1. The van der Waals surface area contributed by atoms with Gasteiger partial charge in [-0.3, -0.25) is 5.32 Å². The number of carbonyl (C=O) groups is 1. The maximum atomic E-state index is 12.2. The Hall–Kier alpha value is -3.48. The summed E-state index contributed by atoms with van der Waals surface area (Å²) in [5.41, 5.74) is 8.91. The van der Waals surface area contributed by atoms with Crippen molar-refractivity contribution in [2.75, 3.05) is 65.1 Å². The minimum atomic E-state index is -0.554. The molecule has 37 heavy (non-hydrogen) atoms. The van der Waals surface area contributed by atoms with Crippen molar-refractivity contribution in [3.63, 3.8) is 0 Å². The lowest BCUT2D eigenvalue weighted by atomic mass is 10.0. The number of piperidine rings is 1. The van der Waals surface area contributed by atoms with E-state index in [1.807, 2.05) is 16.8 Å². The monoisotopic (exact) mass is 510 g/mol. The average Bonchev–Trinajstić information content (AvgIpc) is 3.25. The van der Waals surface area contributed by atoms with E-state index in [2.05, 4.69) is 39.2 Å². The molecule has 2 saturated heterocycles. The van der Waals surface area contributed by atoms with E-state index in [1.165, 1.54) is 6.33 Å². The molecule has 1 aromatic carbocycles. The van der Waals surface area contributed by atoms with Gasteiger partial charge in [-0.2, -0.15) is 5.10 Å². The zero-order valence-electron chi connectivity index (χ0n) is 21.5. The SMILES string of the molecule is COc1cc(-c2nn(CCN3CCC(N(C)C)CC3)c3ncnc(N)c23)ccc1NC(=O)OC1COC1. The third kappa shape index (κ3) is 5.45. The first-order valence-corrected chi connectivity index (χ1v) is 12.5. The smallest absolute Gasteiger partial charge is 0.412 e. The summed E-state index contributed by atoms with van der Waals surface area (Å²) in [4.78, 5) is 25.7. The average molecular weight is 511 g/mol.